The number of rotatable bonds is 16. The van der Waals surface area contributed by atoms with Crippen LogP contribution in [-0.2, 0) is 24.4 Å². The van der Waals surface area contributed by atoms with Crippen molar-refractivity contribution in [3.63, 3.8) is 0 Å². The molecule has 1 N–H and O–H groups in total. The van der Waals surface area contributed by atoms with Crippen molar-refractivity contribution in [1.29, 1.82) is 0 Å². The minimum Gasteiger partial charge on any atom is -0.550 e. The fraction of sp³-hybridized carbons (Fsp3) is 0.875. The summed E-state index contributed by atoms with van der Waals surface area (Å²) in [6.45, 7) is 1.84. The zero-order valence-corrected chi connectivity index (χ0v) is 24.5. The molecule has 1 unspecified atom stereocenters. The van der Waals surface area contributed by atoms with Gasteiger partial charge in [0.2, 0.25) is 4.93 Å². The monoisotopic (exact) mass is 449 g/mol. The van der Waals surface area contributed by atoms with Crippen molar-refractivity contribution in [3.8, 4) is 0 Å². The minimum atomic E-state index is -5.34. The van der Waals surface area contributed by atoms with Gasteiger partial charge in [0.25, 0.3) is 0 Å². The molecule has 8 nitrogen and oxygen atoms in total. The summed E-state index contributed by atoms with van der Waals surface area (Å²) in [5.74, 6) is -4.31. The Kier molecular flexibility index (Phi) is 27.5. The maximum Gasteiger partial charge on any atom is 1.00 e. The molecule has 0 rings (SSSR count). The first-order valence-electron chi connectivity index (χ1n) is 8.69. The number of carbonyl (C=O) groups excluding carboxylic acids is 2. The molecule has 0 aromatic carbocycles. The van der Waals surface area contributed by atoms with E-state index in [1.807, 2.05) is 0 Å². The van der Waals surface area contributed by atoms with Crippen LogP contribution in [0.2, 0.25) is 0 Å². The molecule has 0 saturated heterocycles. The van der Waals surface area contributed by atoms with Crippen molar-refractivity contribution in [3.05, 3.63) is 0 Å². The van der Waals surface area contributed by atoms with Crippen molar-refractivity contribution < 1.29 is 126 Å². The Morgan fingerprint density at radius 1 is 0.857 bits per heavy atom. The van der Waals surface area contributed by atoms with Crippen LogP contribution in [0.1, 0.15) is 77.6 Å². The van der Waals surface area contributed by atoms with E-state index in [2.05, 4.69) is 6.92 Å². The molecule has 0 fully saturated rings. The van der Waals surface area contributed by atoms with Crippen LogP contribution in [0.15, 0.2) is 0 Å². The van der Waals surface area contributed by atoms with Crippen LogP contribution in [0.25, 0.3) is 0 Å². The summed E-state index contributed by atoms with van der Waals surface area (Å²) in [6, 6.07) is 0. The summed E-state index contributed by atoms with van der Waals surface area (Å²) < 4.78 is 36.3. The van der Waals surface area contributed by atoms with Crippen LogP contribution in [0.3, 0.4) is 0 Å². The number of hydrogen-bond donors (Lipinski definition) is 1. The normalized spacial score (nSPS) is 12.6. The molecule has 0 bridgehead atoms. The quantitative estimate of drug-likeness (QED) is 0.139. The van der Waals surface area contributed by atoms with Crippen LogP contribution in [-0.4, -0.2) is 36.4 Å². The number of unbranched alkanes of at least 4 members (excludes halogenated alkanes) is 9. The maximum atomic E-state index is 11.3. The molecule has 0 aliphatic rings. The average Bonchev–Trinajstić information content (AvgIpc) is 2.49. The average molecular weight is 449 g/mol. The van der Waals surface area contributed by atoms with E-state index in [0.29, 0.717) is 12.8 Å². The summed E-state index contributed by atoms with van der Waals surface area (Å²) in [5, 5.41) is 21.7. The second kappa shape index (κ2) is 20.7. The second-order valence-corrected chi connectivity index (χ2v) is 7.70. The van der Waals surface area contributed by atoms with Gasteiger partial charge < -0.3 is 24.5 Å². The molecular formula is C16H28Na3O8S+. The first kappa shape index (κ1) is 37.1. The molecule has 0 aromatic heterocycles. The SMILES string of the molecule is CCCCCCCCCCCCOC(CC(=O)[O-])(C(=O)[O-])S(=O)(=O)O.[Na+].[Na+].[Na+]. The Hall–Kier alpha value is 1.81. The molecule has 0 amide bonds. The molecule has 0 heterocycles. The smallest absolute Gasteiger partial charge is 0.550 e. The number of carboxylic acid groups (broad SMARTS) is 2. The van der Waals surface area contributed by atoms with Crippen LogP contribution >= 0.6 is 0 Å². The third-order valence-corrected chi connectivity index (χ3v) is 5.20. The predicted octanol–water partition coefficient (Wildman–Crippen LogP) is -8.59. The molecule has 0 aromatic rings. The summed E-state index contributed by atoms with van der Waals surface area (Å²) >= 11 is 0. The fourth-order valence-corrected chi connectivity index (χ4v) is 3.21. The third-order valence-electron chi connectivity index (χ3n) is 3.94. The van der Waals surface area contributed by atoms with Crippen LogP contribution < -0.4 is 98.9 Å². The van der Waals surface area contributed by atoms with E-state index in [4.69, 9.17) is 9.29 Å². The number of ether oxygens (including phenoxy) is 1. The van der Waals surface area contributed by atoms with Crippen molar-refractivity contribution in [1.82, 2.24) is 0 Å². The third kappa shape index (κ3) is 15.6. The molecule has 0 spiro atoms. The molecule has 0 aliphatic carbocycles. The Labute approximate surface area is 234 Å². The Morgan fingerprint density at radius 2 is 1.25 bits per heavy atom. The minimum absolute atomic E-state index is 0. The molecule has 148 valence electrons. The summed E-state index contributed by atoms with van der Waals surface area (Å²) in [5.41, 5.74) is 0. The second-order valence-electron chi connectivity index (χ2n) is 6.09. The van der Waals surface area contributed by atoms with Crippen LogP contribution in [0.5, 0.6) is 0 Å². The van der Waals surface area contributed by atoms with E-state index >= 15 is 0 Å². The van der Waals surface area contributed by atoms with Gasteiger partial charge >= 0.3 is 98.8 Å². The van der Waals surface area contributed by atoms with Crippen molar-refractivity contribution in [2.24, 2.45) is 0 Å². The van der Waals surface area contributed by atoms with E-state index < -0.39 is 33.4 Å². The van der Waals surface area contributed by atoms with Crippen molar-refractivity contribution in [2.45, 2.75) is 82.5 Å². The van der Waals surface area contributed by atoms with E-state index in [9.17, 15) is 28.2 Å². The maximum absolute atomic E-state index is 11.3. The van der Waals surface area contributed by atoms with Crippen LogP contribution in [0, 0.1) is 0 Å². The van der Waals surface area contributed by atoms with Gasteiger partial charge in [-0.05, 0) is 6.42 Å². The van der Waals surface area contributed by atoms with Gasteiger partial charge in [0.15, 0.2) is 0 Å². The van der Waals surface area contributed by atoms with E-state index in [0.717, 1.165) is 19.3 Å². The van der Waals surface area contributed by atoms with Gasteiger partial charge in [0, 0.05) is 19.0 Å². The number of aliphatic carboxylic acids is 2. The predicted molar refractivity (Wildman–Crippen MR) is 86.7 cm³/mol. The molecule has 12 heteroatoms. The van der Waals surface area contributed by atoms with E-state index in [1.54, 1.807) is 0 Å². The van der Waals surface area contributed by atoms with Gasteiger partial charge in [-0.15, -0.1) is 0 Å². The van der Waals surface area contributed by atoms with E-state index in [1.165, 1.54) is 32.1 Å². The first-order chi connectivity index (χ1) is 11.7. The number of carboxylic acids is 2. The van der Waals surface area contributed by atoms with Gasteiger partial charge in [0.1, 0.15) is 0 Å². The standard InChI is InChI=1S/C16H30O8S.3Na/c1-2-3-4-5-6-7-8-9-10-11-12-24-16(15(19)20,13-14(17)18)25(21,22)23;;;/h2-13H2,1H3,(H,17,18)(H,19,20)(H,21,22,23);;;/q;3*+1/p-2. The number of hydrogen-bond acceptors (Lipinski definition) is 7. The molecule has 0 aliphatic heterocycles. The molecule has 28 heavy (non-hydrogen) atoms. The van der Waals surface area contributed by atoms with Gasteiger partial charge in [0.05, 0.1) is 5.97 Å². The van der Waals surface area contributed by atoms with E-state index in [-0.39, 0.29) is 95.3 Å². The first-order valence-corrected chi connectivity index (χ1v) is 10.1. The molecule has 0 radical (unpaired) electrons. The van der Waals surface area contributed by atoms with Gasteiger partial charge in [-0.3, -0.25) is 4.55 Å². The Bertz CT molecular complexity index is 516. The van der Waals surface area contributed by atoms with Crippen molar-refractivity contribution >= 4 is 22.1 Å². The van der Waals surface area contributed by atoms with Crippen LogP contribution in [0.4, 0.5) is 0 Å². The summed E-state index contributed by atoms with van der Waals surface area (Å²) in [6.07, 6.45) is 8.53. The molecule has 0 saturated carbocycles. The zero-order valence-electron chi connectivity index (χ0n) is 17.7. The van der Waals surface area contributed by atoms with Gasteiger partial charge in [-0.1, -0.05) is 64.7 Å². The molecule has 1 atom stereocenters. The molecular weight excluding hydrogens is 421 g/mol. The largest absolute Gasteiger partial charge is 1.00 e. The zero-order chi connectivity index (χ0) is 19.3. The Balaban J connectivity index is -0.000000960. The topological polar surface area (TPSA) is 144 Å². The summed E-state index contributed by atoms with van der Waals surface area (Å²) in [4.78, 5) is 18.3. The Morgan fingerprint density at radius 3 is 1.57 bits per heavy atom. The fourth-order valence-electron chi connectivity index (χ4n) is 2.47. The number of carbonyl (C=O) groups is 2. The summed E-state index contributed by atoms with van der Waals surface area (Å²) in [7, 11) is -5.34. The van der Waals surface area contributed by atoms with Crippen molar-refractivity contribution in [2.75, 3.05) is 6.61 Å². The van der Waals surface area contributed by atoms with Gasteiger partial charge in [-0.2, -0.15) is 8.42 Å². The van der Waals surface area contributed by atoms with Gasteiger partial charge in [-0.25, -0.2) is 0 Å².